The minimum atomic E-state index is -0.389. The van der Waals surface area contributed by atoms with E-state index in [1.54, 1.807) is 19.1 Å². The number of H-pyrrole nitrogens is 1. The normalized spacial score (nSPS) is 10.2. The molecule has 0 radical (unpaired) electrons. The van der Waals surface area contributed by atoms with Crippen LogP contribution in [0, 0.1) is 0 Å². The molecule has 0 fully saturated rings. The molecule has 0 aliphatic rings. The molecule has 0 bridgehead atoms. The van der Waals surface area contributed by atoms with Gasteiger partial charge in [-0.25, -0.2) is 4.79 Å². The molecule has 1 N–H and O–H groups in total. The molecule has 5 nitrogen and oxygen atoms in total. The molecule has 0 amide bonds. The van der Waals surface area contributed by atoms with E-state index < -0.39 is 0 Å². The summed E-state index contributed by atoms with van der Waals surface area (Å²) >= 11 is 0. The molecule has 0 saturated carbocycles. The number of rotatable bonds is 7. The van der Waals surface area contributed by atoms with Gasteiger partial charge >= 0.3 is 11.9 Å². The highest BCUT2D eigenvalue weighted by molar-refractivity contribution is 5.87. The fraction of sp³-hybridized carbons (Fsp3) is 0.294. The molecule has 1 aromatic heterocycles. The molecule has 2 aromatic rings. The van der Waals surface area contributed by atoms with E-state index in [1.165, 1.54) is 0 Å². The second kappa shape index (κ2) is 8.02. The largest absolute Gasteiger partial charge is 0.461 e. The molecule has 116 valence electrons. The van der Waals surface area contributed by atoms with Crippen molar-refractivity contribution in [1.29, 1.82) is 0 Å². The summed E-state index contributed by atoms with van der Waals surface area (Å²) in [5.41, 5.74) is 2.16. The maximum atomic E-state index is 11.7. The van der Waals surface area contributed by atoms with E-state index in [-0.39, 0.29) is 25.0 Å². The van der Waals surface area contributed by atoms with Crippen LogP contribution in [0.25, 0.3) is 0 Å². The van der Waals surface area contributed by atoms with E-state index in [1.807, 2.05) is 30.3 Å². The number of benzene rings is 1. The van der Waals surface area contributed by atoms with E-state index >= 15 is 0 Å². The Labute approximate surface area is 129 Å². The van der Waals surface area contributed by atoms with Gasteiger partial charge in [-0.2, -0.15) is 0 Å². The predicted molar refractivity (Wildman–Crippen MR) is 81.3 cm³/mol. The molecule has 0 spiro atoms. The lowest BCUT2D eigenvalue weighted by Crippen LogP contribution is -2.07. The zero-order valence-electron chi connectivity index (χ0n) is 12.5. The molecule has 22 heavy (non-hydrogen) atoms. The van der Waals surface area contributed by atoms with Crippen LogP contribution in [0.2, 0.25) is 0 Å². The van der Waals surface area contributed by atoms with Crippen LogP contribution in [0.15, 0.2) is 42.5 Å². The van der Waals surface area contributed by atoms with Crippen molar-refractivity contribution >= 4 is 11.9 Å². The highest BCUT2D eigenvalue weighted by Gasteiger charge is 2.10. The van der Waals surface area contributed by atoms with Gasteiger partial charge in [0.15, 0.2) is 0 Å². The van der Waals surface area contributed by atoms with Gasteiger partial charge in [-0.15, -0.1) is 0 Å². The first-order chi connectivity index (χ1) is 10.7. The molecule has 0 atom stereocenters. The summed E-state index contributed by atoms with van der Waals surface area (Å²) in [4.78, 5) is 26.2. The number of aryl methyl sites for hydroxylation is 1. The van der Waals surface area contributed by atoms with Crippen molar-refractivity contribution in [1.82, 2.24) is 4.98 Å². The highest BCUT2D eigenvalue weighted by atomic mass is 16.5. The Morgan fingerprint density at radius 3 is 2.55 bits per heavy atom. The van der Waals surface area contributed by atoms with Crippen LogP contribution >= 0.6 is 0 Å². The monoisotopic (exact) mass is 301 g/mol. The second-order valence-corrected chi connectivity index (χ2v) is 4.76. The number of hydrogen-bond donors (Lipinski definition) is 1. The molecular weight excluding hydrogens is 282 g/mol. The van der Waals surface area contributed by atoms with Gasteiger partial charge in [-0.05, 0) is 31.0 Å². The lowest BCUT2D eigenvalue weighted by Gasteiger charge is -2.04. The molecule has 0 saturated heterocycles. The molecule has 1 aromatic carbocycles. The number of nitrogens with one attached hydrogen (secondary N) is 1. The Kier molecular flexibility index (Phi) is 5.77. The number of carbonyl (C=O) groups excluding carboxylic acids is 2. The summed E-state index contributed by atoms with van der Waals surface area (Å²) in [7, 11) is 0. The third-order valence-corrected chi connectivity index (χ3v) is 3.08. The van der Waals surface area contributed by atoms with E-state index in [4.69, 9.17) is 9.47 Å². The standard InChI is InChI=1S/C17H19NO4/c1-2-21-17(20)15-10-8-14(18-15)9-11-16(19)22-12-13-6-4-3-5-7-13/h3-8,10,18H,2,9,11-12H2,1H3. The fourth-order valence-electron chi connectivity index (χ4n) is 1.96. The number of aromatic nitrogens is 1. The van der Waals surface area contributed by atoms with E-state index in [9.17, 15) is 9.59 Å². The van der Waals surface area contributed by atoms with Crippen molar-refractivity contribution in [3.8, 4) is 0 Å². The third kappa shape index (κ3) is 4.77. The van der Waals surface area contributed by atoms with Crippen LogP contribution in [0.4, 0.5) is 0 Å². The van der Waals surface area contributed by atoms with Crippen LogP contribution < -0.4 is 0 Å². The minimum Gasteiger partial charge on any atom is -0.461 e. The van der Waals surface area contributed by atoms with Gasteiger partial charge in [0.1, 0.15) is 12.3 Å². The summed E-state index contributed by atoms with van der Waals surface area (Å²) in [5.74, 6) is -0.656. The fourth-order valence-corrected chi connectivity index (χ4v) is 1.96. The Morgan fingerprint density at radius 2 is 1.82 bits per heavy atom. The molecule has 0 aliphatic heterocycles. The SMILES string of the molecule is CCOC(=O)c1ccc(CCC(=O)OCc2ccccc2)[nH]1. The smallest absolute Gasteiger partial charge is 0.354 e. The lowest BCUT2D eigenvalue weighted by atomic mass is 10.2. The Bertz CT molecular complexity index is 619. The van der Waals surface area contributed by atoms with E-state index in [0.717, 1.165) is 11.3 Å². The van der Waals surface area contributed by atoms with E-state index in [2.05, 4.69) is 4.98 Å². The van der Waals surface area contributed by atoms with Gasteiger partial charge in [0.2, 0.25) is 0 Å². The first-order valence-electron chi connectivity index (χ1n) is 7.23. The van der Waals surface area contributed by atoms with Crippen LogP contribution in [-0.4, -0.2) is 23.5 Å². The average molecular weight is 301 g/mol. The molecule has 0 unspecified atom stereocenters. The number of hydrogen-bond acceptors (Lipinski definition) is 4. The van der Waals surface area contributed by atoms with Crippen LogP contribution in [-0.2, 0) is 27.3 Å². The zero-order chi connectivity index (χ0) is 15.8. The van der Waals surface area contributed by atoms with Gasteiger partial charge in [0, 0.05) is 5.69 Å². The first-order valence-corrected chi connectivity index (χ1v) is 7.23. The van der Waals surface area contributed by atoms with Gasteiger partial charge in [0.25, 0.3) is 0 Å². The first kappa shape index (κ1) is 15.8. The molecule has 5 heteroatoms. The maximum absolute atomic E-state index is 11.7. The summed E-state index contributed by atoms with van der Waals surface area (Å²) in [6.07, 6.45) is 0.753. The van der Waals surface area contributed by atoms with Gasteiger partial charge in [-0.1, -0.05) is 30.3 Å². The number of ether oxygens (including phenoxy) is 2. The maximum Gasteiger partial charge on any atom is 0.354 e. The van der Waals surface area contributed by atoms with Crippen molar-refractivity contribution in [2.45, 2.75) is 26.4 Å². The van der Waals surface area contributed by atoms with Crippen molar-refractivity contribution in [2.24, 2.45) is 0 Å². The third-order valence-electron chi connectivity index (χ3n) is 3.08. The Hall–Kier alpha value is -2.56. The zero-order valence-corrected chi connectivity index (χ0v) is 12.5. The predicted octanol–water partition coefficient (Wildman–Crippen LogP) is 2.87. The Balaban J connectivity index is 1.75. The van der Waals surface area contributed by atoms with Crippen molar-refractivity contribution in [3.05, 3.63) is 59.4 Å². The summed E-state index contributed by atoms with van der Waals surface area (Å²) in [5, 5.41) is 0. The highest BCUT2D eigenvalue weighted by Crippen LogP contribution is 2.08. The van der Waals surface area contributed by atoms with Crippen molar-refractivity contribution < 1.29 is 19.1 Å². The number of aromatic amines is 1. The molecule has 2 rings (SSSR count). The van der Waals surface area contributed by atoms with Crippen molar-refractivity contribution in [3.63, 3.8) is 0 Å². The number of esters is 2. The summed E-state index contributed by atoms with van der Waals surface area (Å²) in [6, 6.07) is 13.0. The molecular formula is C17H19NO4. The van der Waals surface area contributed by atoms with E-state index in [0.29, 0.717) is 18.7 Å². The van der Waals surface area contributed by atoms with Crippen molar-refractivity contribution in [2.75, 3.05) is 6.61 Å². The second-order valence-electron chi connectivity index (χ2n) is 4.76. The Morgan fingerprint density at radius 1 is 1.05 bits per heavy atom. The van der Waals surface area contributed by atoms with Crippen LogP contribution in [0.5, 0.6) is 0 Å². The quantitative estimate of drug-likeness (QED) is 0.798. The molecule has 0 aliphatic carbocycles. The summed E-state index contributed by atoms with van der Waals surface area (Å²) in [6.45, 7) is 2.36. The minimum absolute atomic E-state index is 0.260. The lowest BCUT2D eigenvalue weighted by molar-refractivity contribution is -0.144. The van der Waals surface area contributed by atoms with Crippen LogP contribution in [0.3, 0.4) is 0 Å². The topological polar surface area (TPSA) is 68.4 Å². The van der Waals surface area contributed by atoms with Gasteiger partial charge in [0.05, 0.1) is 13.0 Å². The molecule has 1 heterocycles. The van der Waals surface area contributed by atoms with Gasteiger partial charge < -0.3 is 14.5 Å². The summed E-state index contributed by atoms with van der Waals surface area (Å²) < 4.78 is 10.1. The number of carbonyl (C=O) groups is 2. The average Bonchev–Trinajstić information content (AvgIpc) is 3.01. The van der Waals surface area contributed by atoms with Crippen LogP contribution in [0.1, 0.15) is 35.1 Å². The van der Waals surface area contributed by atoms with Gasteiger partial charge in [-0.3, -0.25) is 4.79 Å².